The summed E-state index contributed by atoms with van der Waals surface area (Å²) in [6.07, 6.45) is 1.79. The molecule has 1 aliphatic heterocycles. The Morgan fingerprint density at radius 1 is 1.50 bits per heavy atom. The number of halogens is 1. The number of rotatable bonds is 1. The third-order valence-electron chi connectivity index (χ3n) is 1.66. The van der Waals surface area contributed by atoms with Gasteiger partial charge in [0.1, 0.15) is 5.83 Å². The average molecular weight is 161 g/mol. The first-order valence-electron chi connectivity index (χ1n) is 3.49. The van der Waals surface area contributed by atoms with Gasteiger partial charge in [0.25, 0.3) is 0 Å². The van der Waals surface area contributed by atoms with Crippen LogP contribution >= 0.6 is 11.8 Å². The maximum Gasteiger partial charge on any atom is 0.113 e. The van der Waals surface area contributed by atoms with Crippen molar-refractivity contribution in [1.82, 2.24) is 0 Å². The fraction of sp³-hybridized carbons (Fsp3) is 0.714. The molecule has 0 bridgehead atoms. The number of allylic oxidation sites excluding steroid dienone is 1. The van der Waals surface area contributed by atoms with Crippen LogP contribution < -0.4 is 5.73 Å². The molecular formula is C7H12FNS. The fourth-order valence-corrected chi connectivity index (χ4v) is 2.02. The topological polar surface area (TPSA) is 26.0 Å². The van der Waals surface area contributed by atoms with E-state index < -0.39 is 0 Å². The molecule has 1 heterocycles. The van der Waals surface area contributed by atoms with E-state index >= 15 is 0 Å². The van der Waals surface area contributed by atoms with Crippen LogP contribution in [0.3, 0.4) is 0 Å². The summed E-state index contributed by atoms with van der Waals surface area (Å²) in [5.41, 5.74) is 6.11. The highest BCUT2D eigenvalue weighted by Gasteiger charge is 2.09. The molecule has 0 atom stereocenters. The minimum Gasteiger partial charge on any atom is -0.325 e. The Labute approximate surface area is 64.9 Å². The molecule has 1 fully saturated rings. The van der Waals surface area contributed by atoms with Crippen LogP contribution in [0.5, 0.6) is 0 Å². The Morgan fingerprint density at radius 3 is 2.60 bits per heavy atom. The number of nitrogens with two attached hydrogens (primary N) is 1. The molecule has 58 valence electrons. The SMILES string of the molecule is NCC(F)=C1CCSCC1. The fourth-order valence-electron chi connectivity index (χ4n) is 1.03. The lowest BCUT2D eigenvalue weighted by Gasteiger charge is -2.13. The van der Waals surface area contributed by atoms with E-state index in [1.165, 1.54) is 0 Å². The van der Waals surface area contributed by atoms with E-state index in [0.29, 0.717) is 0 Å². The van der Waals surface area contributed by atoms with Crippen molar-refractivity contribution in [2.24, 2.45) is 5.73 Å². The summed E-state index contributed by atoms with van der Waals surface area (Å²) in [5, 5.41) is 0. The van der Waals surface area contributed by atoms with Gasteiger partial charge in [-0.2, -0.15) is 11.8 Å². The molecule has 1 rings (SSSR count). The first kappa shape index (κ1) is 8.08. The van der Waals surface area contributed by atoms with Crippen molar-refractivity contribution in [3.63, 3.8) is 0 Å². The molecule has 0 spiro atoms. The lowest BCUT2D eigenvalue weighted by atomic mass is 10.1. The van der Waals surface area contributed by atoms with E-state index in [1.807, 2.05) is 11.8 Å². The second kappa shape index (κ2) is 3.98. The van der Waals surface area contributed by atoms with Crippen LogP contribution in [-0.4, -0.2) is 18.1 Å². The van der Waals surface area contributed by atoms with Crippen molar-refractivity contribution < 1.29 is 4.39 Å². The van der Waals surface area contributed by atoms with Crippen LogP contribution in [0, 0.1) is 0 Å². The summed E-state index contributed by atoms with van der Waals surface area (Å²) in [6.45, 7) is 0.0833. The summed E-state index contributed by atoms with van der Waals surface area (Å²) < 4.78 is 12.8. The molecule has 1 nitrogen and oxygen atoms in total. The Balaban J connectivity index is 2.51. The lowest BCUT2D eigenvalue weighted by Crippen LogP contribution is -2.06. The van der Waals surface area contributed by atoms with Crippen LogP contribution in [0.4, 0.5) is 4.39 Å². The predicted molar refractivity (Wildman–Crippen MR) is 43.7 cm³/mol. The van der Waals surface area contributed by atoms with Gasteiger partial charge in [-0.05, 0) is 29.9 Å². The second-order valence-corrected chi connectivity index (χ2v) is 3.55. The van der Waals surface area contributed by atoms with Gasteiger partial charge in [0.2, 0.25) is 0 Å². The standard InChI is InChI=1S/C7H12FNS/c8-7(5-9)6-1-3-10-4-2-6/h1-5,9H2. The van der Waals surface area contributed by atoms with Crippen LogP contribution in [0.1, 0.15) is 12.8 Å². The van der Waals surface area contributed by atoms with Crippen LogP contribution in [0.2, 0.25) is 0 Å². The zero-order valence-corrected chi connectivity index (χ0v) is 6.72. The normalized spacial score (nSPS) is 19.2. The Morgan fingerprint density at radius 2 is 2.10 bits per heavy atom. The van der Waals surface area contributed by atoms with Crippen LogP contribution in [0.25, 0.3) is 0 Å². The van der Waals surface area contributed by atoms with Gasteiger partial charge < -0.3 is 5.73 Å². The molecule has 0 amide bonds. The molecule has 2 N–H and O–H groups in total. The monoisotopic (exact) mass is 161 g/mol. The van der Waals surface area contributed by atoms with Gasteiger partial charge in [-0.1, -0.05) is 0 Å². The molecular weight excluding hydrogens is 149 g/mol. The summed E-state index contributed by atoms with van der Waals surface area (Å²) in [7, 11) is 0. The average Bonchev–Trinajstić information content (AvgIpc) is 2.05. The quantitative estimate of drug-likeness (QED) is 0.633. The van der Waals surface area contributed by atoms with Crippen molar-refractivity contribution in [2.45, 2.75) is 12.8 Å². The Kier molecular flexibility index (Phi) is 3.22. The summed E-state index contributed by atoms with van der Waals surface area (Å²) in [5.74, 6) is 2.03. The molecule has 3 heteroatoms. The van der Waals surface area contributed by atoms with Crippen molar-refractivity contribution in [3.05, 3.63) is 11.4 Å². The lowest BCUT2D eigenvalue weighted by molar-refractivity contribution is 0.593. The second-order valence-electron chi connectivity index (χ2n) is 2.32. The summed E-state index contributed by atoms with van der Waals surface area (Å²) in [6, 6.07) is 0. The van der Waals surface area contributed by atoms with Gasteiger partial charge in [0.15, 0.2) is 0 Å². The van der Waals surface area contributed by atoms with Crippen molar-refractivity contribution in [3.8, 4) is 0 Å². The Hall–Kier alpha value is -0.0200. The van der Waals surface area contributed by atoms with E-state index in [2.05, 4.69) is 0 Å². The van der Waals surface area contributed by atoms with Crippen molar-refractivity contribution in [1.29, 1.82) is 0 Å². The van der Waals surface area contributed by atoms with Crippen molar-refractivity contribution in [2.75, 3.05) is 18.1 Å². The van der Waals surface area contributed by atoms with E-state index in [-0.39, 0.29) is 12.4 Å². The number of hydrogen-bond donors (Lipinski definition) is 1. The minimum absolute atomic E-state index is 0.0831. The van der Waals surface area contributed by atoms with E-state index in [9.17, 15) is 4.39 Å². The highest BCUT2D eigenvalue weighted by molar-refractivity contribution is 7.99. The molecule has 0 unspecified atom stereocenters. The smallest absolute Gasteiger partial charge is 0.113 e. The molecule has 10 heavy (non-hydrogen) atoms. The zero-order chi connectivity index (χ0) is 7.40. The van der Waals surface area contributed by atoms with E-state index in [4.69, 9.17) is 5.73 Å². The summed E-state index contributed by atoms with van der Waals surface area (Å²) in [4.78, 5) is 0. The molecule has 0 aromatic rings. The van der Waals surface area contributed by atoms with Gasteiger partial charge in [0, 0.05) is 6.54 Å². The highest BCUT2D eigenvalue weighted by atomic mass is 32.2. The number of thioether (sulfide) groups is 1. The first-order chi connectivity index (χ1) is 4.84. The molecule has 0 saturated carbocycles. The summed E-state index contributed by atoms with van der Waals surface area (Å²) >= 11 is 1.88. The molecule has 0 aliphatic carbocycles. The molecule has 0 radical (unpaired) electrons. The van der Waals surface area contributed by atoms with Crippen LogP contribution in [0.15, 0.2) is 11.4 Å². The number of hydrogen-bond acceptors (Lipinski definition) is 2. The van der Waals surface area contributed by atoms with Gasteiger partial charge >= 0.3 is 0 Å². The van der Waals surface area contributed by atoms with Gasteiger partial charge in [0.05, 0.1) is 0 Å². The molecule has 1 saturated heterocycles. The van der Waals surface area contributed by atoms with Gasteiger partial charge in [-0.3, -0.25) is 0 Å². The minimum atomic E-state index is -0.0831. The maximum absolute atomic E-state index is 12.8. The largest absolute Gasteiger partial charge is 0.325 e. The first-order valence-corrected chi connectivity index (χ1v) is 4.64. The maximum atomic E-state index is 12.8. The van der Waals surface area contributed by atoms with E-state index in [1.54, 1.807) is 0 Å². The molecule has 1 aliphatic rings. The highest BCUT2D eigenvalue weighted by Crippen LogP contribution is 2.24. The van der Waals surface area contributed by atoms with Crippen LogP contribution in [-0.2, 0) is 0 Å². The Bertz CT molecular complexity index is 137. The molecule has 0 aromatic heterocycles. The molecule has 0 aromatic carbocycles. The third kappa shape index (κ3) is 1.99. The third-order valence-corrected chi connectivity index (χ3v) is 2.64. The predicted octanol–water partition coefficient (Wildman–Crippen LogP) is 1.70. The van der Waals surface area contributed by atoms with E-state index in [0.717, 1.165) is 29.9 Å². The van der Waals surface area contributed by atoms with Crippen molar-refractivity contribution >= 4 is 11.8 Å². The zero-order valence-electron chi connectivity index (χ0n) is 5.90. The van der Waals surface area contributed by atoms with Gasteiger partial charge in [-0.15, -0.1) is 0 Å². The van der Waals surface area contributed by atoms with Gasteiger partial charge in [-0.25, -0.2) is 4.39 Å².